The summed E-state index contributed by atoms with van der Waals surface area (Å²) in [6.07, 6.45) is 0. The highest BCUT2D eigenvalue weighted by Gasteiger charge is 2.16. The summed E-state index contributed by atoms with van der Waals surface area (Å²) in [5, 5.41) is 22.3. The van der Waals surface area contributed by atoms with Gasteiger partial charge in [0.25, 0.3) is 0 Å². The summed E-state index contributed by atoms with van der Waals surface area (Å²) in [4.78, 5) is 22.5. The largest absolute Gasteiger partial charge is 0.495 e. The van der Waals surface area contributed by atoms with E-state index in [1.165, 1.54) is 7.11 Å². The summed E-state index contributed by atoms with van der Waals surface area (Å²) in [6, 6.07) is 30.2. The summed E-state index contributed by atoms with van der Waals surface area (Å²) in [7, 11) is 1.48. The normalized spacial score (nSPS) is 10.5. The molecule has 0 bridgehead atoms. The highest BCUT2D eigenvalue weighted by atomic mass is 16.5. The first-order chi connectivity index (χ1) is 16.9. The molecule has 0 radical (unpaired) electrons. The van der Waals surface area contributed by atoms with Gasteiger partial charge in [-0.3, -0.25) is 0 Å². The van der Waals surface area contributed by atoms with Gasteiger partial charge in [-0.1, -0.05) is 84.9 Å². The lowest BCUT2D eigenvalue weighted by atomic mass is 9.91. The molecule has 5 rings (SSSR count). The molecule has 0 spiro atoms. The molecule has 0 aliphatic heterocycles. The standard InChI is InChI=1S/C18H14O2.C12H10O3/c1-12-6-2-4-8-14(12)17-15-9-5-3-7-13(15)10-11-16(17)18(19)20;1-15-11-9-5-3-2-4-8(9)6-7-10(11)12(13)14/h2-11H,1H3,(H,19,20);2-7H,1H3,(H,13,14). The fourth-order valence-corrected chi connectivity index (χ4v) is 4.22. The molecule has 0 saturated heterocycles. The first-order valence-electron chi connectivity index (χ1n) is 11.0. The van der Waals surface area contributed by atoms with Crippen molar-refractivity contribution in [3.63, 3.8) is 0 Å². The average Bonchev–Trinajstić information content (AvgIpc) is 2.88. The van der Waals surface area contributed by atoms with Crippen LogP contribution in [0.4, 0.5) is 0 Å². The summed E-state index contributed by atoms with van der Waals surface area (Å²) >= 11 is 0. The third kappa shape index (κ3) is 4.70. The van der Waals surface area contributed by atoms with Gasteiger partial charge in [0.05, 0.1) is 12.7 Å². The lowest BCUT2D eigenvalue weighted by molar-refractivity contribution is 0.0684. The number of aromatic carboxylic acids is 2. The van der Waals surface area contributed by atoms with Gasteiger partial charge in [0, 0.05) is 10.9 Å². The van der Waals surface area contributed by atoms with Crippen LogP contribution in [0.25, 0.3) is 32.7 Å². The van der Waals surface area contributed by atoms with E-state index in [2.05, 4.69) is 0 Å². The Morgan fingerprint density at radius 1 is 0.629 bits per heavy atom. The fourth-order valence-electron chi connectivity index (χ4n) is 4.22. The van der Waals surface area contributed by atoms with Crippen molar-refractivity contribution in [2.24, 2.45) is 0 Å². The molecule has 0 atom stereocenters. The summed E-state index contributed by atoms with van der Waals surface area (Å²) in [5.41, 5.74) is 3.39. The molecule has 5 nitrogen and oxygen atoms in total. The van der Waals surface area contributed by atoms with E-state index in [4.69, 9.17) is 9.84 Å². The molecule has 5 aromatic rings. The van der Waals surface area contributed by atoms with Gasteiger partial charge in [0.1, 0.15) is 11.3 Å². The molecular weight excluding hydrogens is 440 g/mol. The number of carboxylic acids is 2. The number of aryl methyl sites for hydroxylation is 1. The van der Waals surface area contributed by atoms with E-state index in [1.807, 2.05) is 85.8 Å². The van der Waals surface area contributed by atoms with E-state index in [-0.39, 0.29) is 5.56 Å². The van der Waals surface area contributed by atoms with Crippen LogP contribution in [0.2, 0.25) is 0 Å². The van der Waals surface area contributed by atoms with Crippen LogP contribution >= 0.6 is 0 Å². The quantitative estimate of drug-likeness (QED) is 0.297. The van der Waals surface area contributed by atoms with E-state index in [9.17, 15) is 14.7 Å². The van der Waals surface area contributed by atoms with Gasteiger partial charge in [-0.15, -0.1) is 0 Å². The van der Waals surface area contributed by atoms with Crippen LogP contribution < -0.4 is 4.74 Å². The van der Waals surface area contributed by atoms with Crippen molar-refractivity contribution in [3.8, 4) is 16.9 Å². The molecule has 0 heterocycles. The number of benzene rings is 5. The Morgan fingerprint density at radius 3 is 1.74 bits per heavy atom. The summed E-state index contributed by atoms with van der Waals surface area (Å²) < 4.78 is 5.14. The minimum absolute atomic E-state index is 0.191. The van der Waals surface area contributed by atoms with Gasteiger partial charge in [-0.25, -0.2) is 9.59 Å². The van der Waals surface area contributed by atoms with E-state index < -0.39 is 11.9 Å². The number of methoxy groups -OCH3 is 1. The topological polar surface area (TPSA) is 83.8 Å². The number of hydrogen-bond donors (Lipinski definition) is 2. The summed E-state index contributed by atoms with van der Waals surface area (Å²) in [5.74, 6) is -1.45. The smallest absolute Gasteiger partial charge is 0.339 e. The van der Waals surface area contributed by atoms with Crippen molar-refractivity contribution < 1.29 is 24.5 Å². The van der Waals surface area contributed by atoms with Crippen LogP contribution in [0.5, 0.6) is 5.75 Å². The molecule has 5 aromatic carbocycles. The van der Waals surface area contributed by atoms with E-state index in [0.717, 1.165) is 38.2 Å². The van der Waals surface area contributed by atoms with Crippen molar-refractivity contribution in [1.82, 2.24) is 0 Å². The van der Waals surface area contributed by atoms with Crippen molar-refractivity contribution in [3.05, 3.63) is 114 Å². The Kier molecular flexibility index (Phi) is 6.78. The van der Waals surface area contributed by atoms with Crippen molar-refractivity contribution >= 4 is 33.5 Å². The Labute approximate surface area is 202 Å². The number of hydrogen-bond acceptors (Lipinski definition) is 3. The van der Waals surface area contributed by atoms with Gasteiger partial charge in [0.15, 0.2) is 0 Å². The molecule has 174 valence electrons. The predicted molar refractivity (Wildman–Crippen MR) is 139 cm³/mol. The molecule has 5 heteroatoms. The van der Waals surface area contributed by atoms with Crippen LogP contribution in [0.1, 0.15) is 26.3 Å². The Balaban J connectivity index is 0.000000172. The number of fused-ring (bicyclic) bond motifs is 2. The molecule has 0 aliphatic carbocycles. The van der Waals surface area contributed by atoms with Crippen LogP contribution in [0.15, 0.2) is 97.1 Å². The third-order valence-corrected chi connectivity index (χ3v) is 5.89. The number of carboxylic acid groups (broad SMARTS) is 2. The average molecular weight is 465 g/mol. The maximum atomic E-state index is 11.6. The van der Waals surface area contributed by atoms with Gasteiger partial charge < -0.3 is 14.9 Å². The van der Waals surface area contributed by atoms with Crippen molar-refractivity contribution in [2.75, 3.05) is 7.11 Å². The molecule has 2 N–H and O–H groups in total. The Hall–Kier alpha value is -4.64. The van der Waals surface area contributed by atoms with Gasteiger partial charge in [0.2, 0.25) is 0 Å². The first kappa shape index (κ1) is 23.5. The monoisotopic (exact) mass is 464 g/mol. The van der Waals surface area contributed by atoms with E-state index in [1.54, 1.807) is 18.2 Å². The van der Waals surface area contributed by atoms with E-state index >= 15 is 0 Å². The summed E-state index contributed by atoms with van der Waals surface area (Å²) in [6.45, 7) is 2.00. The lowest BCUT2D eigenvalue weighted by Crippen LogP contribution is -2.01. The number of carbonyl (C=O) groups is 2. The SMILES string of the molecule is COc1c(C(=O)O)ccc2ccccc12.Cc1ccccc1-c1c(C(=O)O)ccc2ccccc12. The molecule has 0 aromatic heterocycles. The molecule has 0 fully saturated rings. The second kappa shape index (κ2) is 10.1. The Bertz CT molecular complexity index is 1550. The number of ether oxygens (including phenoxy) is 1. The zero-order chi connectivity index (χ0) is 24.9. The maximum Gasteiger partial charge on any atom is 0.339 e. The maximum absolute atomic E-state index is 11.6. The molecule has 35 heavy (non-hydrogen) atoms. The van der Waals surface area contributed by atoms with Crippen molar-refractivity contribution in [1.29, 1.82) is 0 Å². The third-order valence-electron chi connectivity index (χ3n) is 5.89. The van der Waals surface area contributed by atoms with Crippen LogP contribution in [-0.2, 0) is 0 Å². The predicted octanol–water partition coefficient (Wildman–Crippen LogP) is 7.06. The lowest BCUT2D eigenvalue weighted by Gasteiger charge is -2.13. The van der Waals surface area contributed by atoms with E-state index in [0.29, 0.717) is 11.3 Å². The zero-order valence-corrected chi connectivity index (χ0v) is 19.4. The molecular formula is C30H24O5. The second-order valence-electron chi connectivity index (χ2n) is 8.00. The minimum atomic E-state index is -0.974. The molecule has 0 unspecified atom stereocenters. The molecule has 0 aliphatic rings. The second-order valence-corrected chi connectivity index (χ2v) is 8.00. The van der Waals surface area contributed by atoms with Gasteiger partial charge in [-0.2, -0.15) is 0 Å². The van der Waals surface area contributed by atoms with Crippen LogP contribution in [0.3, 0.4) is 0 Å². The fraction of sp³-hybridized carbons (Fsp3) is 0.0667. The zero-order valence-electron chi connectivity index (χ0n) is 19.4. The van der Waals surface area contributed by atoms with Crippen LogP contribution in [0, 0.1) is 6.92 Å². The highest BCUT2D eigenvalue weighted by Crippen LogP contribution is 2.34. The van der Waals surface area contributed by atoms with Crippen LogP contribution in [-0.4, -0.2) is 29.3 Å². The highest BCUT2D eigenvalue weighted by molar-refractivity contribution is 6.08. The molecule has 0 saturated carbocycles. The molecule has 0 amide bonds. The first-order valence-corrected chi connectivity index (χ1v) is 11.0. The minimum Gasteiger partial charge on any atom is -0.495 e. The number of rotatable bonds is 4. The van der Waals surface area contributed by atoms with Gasteiger partial charge >= 0.3 is 11.9 Å². The van der Waals surface area contributed by atoms with Crippen molar-refractivity contribution in [2.45, 2.75) is 6.92 Å². The Morgan fingerprint density at radius 2 is 1.14 bits per heavy atom. The van der Waals surface area contributed by atoms with Gasteiger partial charge in [-0.05, 0) is 46.3 Å².